The molecule has 0 atom stereocenters. The number of pyridine rings is 1. The van der Waals surface area contributed by atoms with Crippen LogP contribution < -0.4 is 10.9 Å². The Morgan fingerprint density at radius 1 is 1.26 bits per heavy atom. The van der Waals surface area contributed by atoms with E-state index >= 15 is 0 Å². The maximum atomic E-state index is 12.3. The van der Waals surface area contributed by atoms with Gasteiger partial charge in [0.2, 0.25) is 0 Å². The Bertz CT molecular complexity index is 1470. The van der Waals surface area contributed by atoms with Crippen molar-refractivity contribution in [2.75, 3.05) is 20.1 Å². The Kier molecular flexibility index (Phi) is 4.06. The summed E-state index contributed by atoms with van der Waals surface area (Å²) in [7, 11) is 0. The first-order valence-electron chi connectivity index (χ1n) is 11.6. The number of amides is 1. The van der Waals surface area contributed by atoms with E-state index in [1.54, 1.807) is 24.4 Å². The Morgan fingerprint density at radius 3 is 2.97 bits per heavy atom. The fourth-order valence-electron chi connectivity index (χ4n) is 4.11. The minimum atomic E-state index is -2.54. The van der Waals surface area contributed by atoms with E-state index in [1.807, 2.05) is 34.1 Å². The number of nitrogens with one attached hydrogen (secondary N) is 2. The number of aromatic nitrogens is 3. The minimum Gasteiger partial charge on any atom is -0.354 e. The number of carbonyl (C=O) groups is 1. The highest BCUT2D eigenvalue weighted by molar-refractivity contribution is 5.92. The maximum absolute atomic E-state index is 12.3. The van der Waals surface area contributed by atoms with E-state index < -0.39 is 12.9 Å². The van der Waals surface area contributed by atoms with Crippen LogP contribution in [0, 0.1) is 0 Å². The Balaban J connectivity index is 1.26. The maximum Gasteiger partial charge on any atom is 0.272 e. The van der Waals surface area contributed by atoms with Crippen LogP contribution in [0.2, 0.25) is 0 Å². The van der Waals surface area contributed by atoms with Crippen LogP contribution >= 0.6 is 0 Å². The molecular weight excluding hydrogens is 390 g/mol. The zero-order chi connectivity index (χ0) is 23.9. The first-order chi connectivity index (χ1) is 16.3. The van der Waals surface area contributed by atoms with Crippen molar-refractivity contribution in [1.29, 1.82) is 0 Å². The average molecular weight is 416 g/mol. The highest BCUT2D eigenvalue weighted by Gasteiger charge is 2.15. The van der Waals surface area contributed by atoms with Crippen molar-refractivity contribution >= 4 is 28.0 Å². The molecule has 4 aromatic rings. The van der Waals surface area contributed by atoms with Gasteiger partial charge in [0.25, 0.3) is 11.5 Å². The molecule has 1 amide bonds. The molecule has 3 aromatic heterocycles. The predicted molar refractivity (Wildman–Crippen MR) is 121 cm³/mol. The molecule has 7 nitrogen and oxygen atoms in total. The van der Waals surface area contributed by atoms with E-state index in [1.165, 1.54) is 0 Å². The van der Waals surface area contributed by atoms with E-state index in [-0.39, 0.29) is 11.3 Å². The standard InChI is InChI=1S/C24H23N5O2/c1-25-23(30)19-6-5-18(14-26-19)17-8-11-28(12-9-17)15-16-4-7-21-20(13-16)27-24(31)22-3-2-10-29(21)22/h2-8,10,13-14H,9,11-12,15H2,1H3,(H,25,30)(H,27,31)/i1D3. The number of hydrogen-bond donors (Lipinski definition) is 2. The number of carbonyl (C=O) groups excluding carboxylic acids is 1. The SMILES string of the molecule is [2H]C([2H])([2H])NC(=O)c1ccc(C2=CCN(Cc3ccc4c(c3)[nH]c(=O)c3cccn34)CC2)cn1. The quantitative estimate of drug-likeness (QED) is 0.536. The third-order valence-corrected chi connectivity index (χ3v) is 5.73. The molecule has 0 fully saturated rings. The van der Waals surface area contributed by atoms with Crippen molar-refractivity contribution < 1.29 is 8.91 Å². The number of hydrogen-bond acceptors (Lipinski definition) is 4. The van der Waals surface area contributed by atoms with Gasteiger partial charge in [0, 0.05) is 43.1 Å². The highest BCUT2D eigenvalue weighted by Crippen LogP contribution is 2.23. The minimum absolute atomic E-state index is 0.0736. The molecule has 0 saturated heterocycles. The third kappa shape index (κ3) is 3.64. The number of fused-ring (bicyclic) bond motifs is 3. The Labute approximate surface area is 183 Å². The summed E-state index contributed by atoms with van der Waals surface area (Å²) in [6.07, 6.45) is 6.48. The number of benzene rings is 1. The van der Waals surface area contributed by atoms with Crippen LogP contribution in [-0.4, -0.2) is 45.2 Å². The van der Waals surface area contributed by atoms with Gasteiger partial charge < -0.3 is 14.7 Å². The molecule has 1 aliphatic heterocycles. The molecule has 4 heterocycles. The lowest BCUT2D eigenvalue weighted by Crippen LogP contribution is -2.28. The lowest BCUT2D eigenvalue weighted by Gasteiger charge is -2.26. The third-order valence-electron chi connectivity index (χ3n) is 5.73. The average Bonchev–Trinajstić information content (AvgIpc) is 3.30. The van der Waals surface area contributed by atoms with Crippen molar-refractivity contribution in [3.63, 3.8) is 0 Å². The van der Waals surface area contributed by atoms with Gasteiger partial charge in [0.05, 0.1) is 11.0 Å². The van der Waals surface area contributed by atoms with Crippen LogP contribution in [0.4, 0.5) is 0 Å². The van der Waals surface area contributed by atoms with Gasteiger partial charge in [-0.15, -0.1) is 0 Å². The van der Waals surface area contributed by atoms with E-state index in [2.05, 4.69) is 27.0 Å². The summed E-state index contributed by atoms with van der Waals surface area (Å²) >= 11 is 0. The number of nitrogens with zero attached hydrogens (tertiary/aromatic N) is 3. The summed E-state index contributed by atoms with van der Waals surface area (Å²) in [5.41, 5.74) is 5.57. The second kappa shape index (κ2) is 7.85. The van der Waals surface area contributed by atoms with Gasteiger partial charge in [-0.05, 0) is 53.5 Å². The smallest absolute Gasteiger partial charge is 0.272 e. The van der Waals surface area contributed by atoms with Crippen LogP contribution in [0.1, 0.15) is 32.1 Å². The molecule has 0 aliphatic carbocycles. The monoisotopic (exact) mass is 416 g/mol. The van der Waals surface area contributed by atoms with Crippen LogP contribution in [0.5, 0.6) is 0 Å². The van der Waals surface area contributed by atoms with Gasteiger partial charge in [-0.1, -0.05) is 18.2 Å². The first-order valence-corrected chi connectivity index (χ1v) is 10.1. The lowest BCUT2D eigenvalue weighted by atomic mass is 10.0. The van der Waals surface area contributed by atoms with E-state index in [0.29, 0.717) is 5.52 Å². The molecular formula is C24H23N5O2. The number of aromatic amines is 1. The molecule has 31 heavy (non-hydrogen) atoms. The number of H-pyrrole nitrogens is 1. The molecule has 0 unspecified atom stereocenters. The second-order valence-electron chi connectivity index (χ2n) is 7.67. The first kappa shape index (κ1) is 16.0. The van der Waals surface area contributed by atoms with Gasteiger partial charge in [-0.2, -0.15) is 0 Å². The van der Waals surface area contributed by atoms with Crippen LogP contribution in [0.15, 0.2) is 65.7 Å². The molecule has 156 valence electrons. The zero-order valence-corrected chi connectivity index (χ0v) is 16.8. The highest BCUT2D eigenvalue weighted by atomic mass is 16.1. The van der Waals surface area contributed by atoms with Gasteiger partial charge >= 0.3 is 0 Å². The Morgan fingerprint density at radius 2 is 2.19 bits per heavy atom. The largest absolute Gasteiger partial charge is 0.354 e. The van der Waals surface area contributed by atoms with Crippen LogP contribution in [-0.2, 0) is 6.54 Å². The zero-order valence-electron chi connectivity index (χ0n) is 19.8. The van der Waals surface area contributed by atoms with Crippen molar-refractivity contribution in [3.05, 3.63) is 88.1 Å². The molecule has 0 radical (unpaired) electrons. The van der Waals surface area contributed by atoms with Gasteiger partial charge in [0.1, 0.15) is 11.2 Å². The fourth-order valence-corrected chi connectivity index (χ4v) is 4.11. The summed E-state index contributed by atoms with van der Waals surface area (Å²) in [6, 6.07) is 13.2. The summed E-state index contributed by atoms with van der Waals surface area (Å²) in [5.74, 6) is -0.718. The normalized spacial score (nSPS) is 16.5. The van der Waals surface area contributed by atoms with E-state index in [0.717, 1.165) is 53.8 Å². The van der Waals surface area contributed by atoms with Crippen molar-refractivity contribution in [3.8, 4) is 0 Å². The van der Waals surface area contributed by atoms with Crippen molar-refractivity contribution in [2.45, 2.75) is 13.0 Å². The molecule has 0 saturated carbocycles. The number of rotatable bonds is 4. The molecule has 5 rings (SSSR count). The van der Waals surface area contributed by atoms with Gasteiger partial charge in [-0.25, -0.2) is 0 Å². The molecule has 2 N–H and O–H groups in total. The topological polar surface area (TPSA) is 82.5 Å². The molecule has 1 aromatic carbocycles. The van der Waals surface area contributed by atoms with E-state index in [9.17, 15) is 9.59 Å². The van der Waals surface area contributed by atoms with Crippen molar-refractivity contribution in [1.82, 2.24) is 24.6 Å². The van der Waals surface area contributed by atoms with Crippen LogP contribution in [0.3, 0.4) is 0 Å². The molecule has 0 bridgehead atoms. The second-order valence-corrected chi connectivity index (χ2v) is 7.67. The Hall–Kier alpha value is -3.71. The van der Waals surface area contributed by atoms with E-state index in [4.69, 9.17) is 4.11 Å². The summed E-state index contributed by atoms with van der Waals surface area (Å²) in [5, 5.41) is 1.94. The van der Waals surface area contributed by atoms with Crippen LogP contribution in [0.25, 0.3) is 22.1 Å². The predicted octanol–water partition coefficient (Wildman–Crippen LogP) is 2.82. The van der Waals surface area contributed by atoms with Gasteiger partial charge in [0.15, 0.2) is 0 Å². The molecule has 0 spiro atoms. The van der Waals surface area contributed by atoms with Gasteiger partial charge in [-0.3, -0.25) is 19.5 Å². The lowest BCUT2D eigenvalue weighted by molar-refractivity contribution is 0.0958. The summed E-state index contributed by atoms with van der Waals surface area (Å²) in [6.45, 7) is -0.153. The molecule has 1 aliphatic rings. The fraction of sp³-hybridized carbons (Fsp3) is 0.208. The molecule has 7 heteroatoms. The summed E-state index contributed by atoms with van der Waals surface area (Å²) in [4.78, 5) is 33.7. The summed E-state index contributed by atoms with van der Waals surface area (Å²) < 4.78 is 23.3. The van der Waals surface area contributed by atoms with Crippen molar-refractivity contribution in [2.24, 2.45) is 0 Å².